The van der Waals surface area contributed by atoms with E-state index in [4.69, 9.17) is 4.74 Å². The van der Waals surface area contributed by atoms with Crippen LogP contribution in [-0.4, -0.2) is 38.4 Å². The molecule has 2 N–H and O–H groups in total. The standard InChI is InChI=1S/C13H24N2O4S/c1-3-7-15-10-13(9-12(15)11-16)20(17,18)14-6-4-5-8-19-2/h9-10,14,16H,3-8,11H2,1-2H3. The van der Waals surface area contributed by atoms with Gasteiger partial charge in [0.05, 0.1) is 11.5 Å². The lowest BCUT2D eigenvalue weighted by Gasteiger charge is -2.05. The van der Waals surface area contributed by atoms with Crippen LogP contribution < -0.4 is 4.72 Å². The van der Waals surface area contributed by atoms with Gasteiger partial charge in [-0.3, -0.25) is 0 Å². The van der Waals surface area contributed by atoms with Gasteiger partial charge in [0.25, 0.3) is 0 Å². The van der Waals surface area contributed by atoms with E-state index in [2.05, 4.69) is 4.72 Å². The second kappa shape index (κ2) is 8.41. The molecule has 0 aliphatic rings. The van der Waals surface area contributed by atoms with E-state index in [1.54, 1.807) is 17.9 Å². The van der Waals surface area contributed by atoms with Crippen LogP contribution in [0.15, 0.2) is 17.2 Å². The number of hydrogen-bond acceptors (Lipinski definition) is 4. The van der Waals surface area contributed by atoms with Gasteiger partial charge in [0.15, 0.2) is 0 Å². The van der Waals surface area contributed by atoms with Gasteiger partial charge in [-0.2, -0.15) is 0 Å². The summed E-state index contributed by atoms with van der Waals surface area (Å²) in [6, 6.07) is 1.52. The maximum Gasteiger partial charge on any atom is 0.242 e. The van der Waals surface area contributed by atoms with Crippen molar-refractivity contribution < 1.29 is 18.3 Å². The lowest BCUT2D eigenvalue weighted by atomic mass is 10.3. The molecule has 0 saturated heterocycles. The highest BCUT2D eigenvalue weighted by Gasteiger charge is 2.17. The molecule has 0 unspecified atom stereocenters. The molecule has 0 radical (unpaired) electrons. The first-order chi connectivity index (χ1) is 9.55. The van der Waals surface area contributed by atoms with Crippen molar-refractivity contribution in [2.24, 2.45) is 0 Å². The Morgan fingerprint density at radius 3 is 2.75 bits per heavy atom. The first kappa shape index (κ1) is 17.2. The zero-order valence-electron chi connectivity index (χ0n) is 12.1. The van der Waals surface area contributed by atoms with Gasteiger partial charge in [0.1, 0.15) is 0 Å². The lowest BCUT2D eigenvalue weighted by molar-refractivity contribution is 0.193. The minimum atomic E-state index is -3.50. The molecule has 1 heterocycles. The SMILES string of the molecule is CCCn1cc(S(=O)(=O)NCCCCOC)cc1CO. The molecule has 116 valence electrons. The Bertz CT molecular complexity index is 496. The molecule has 0 saturated carbocycles. The van der Waals surface area contributed by atoms with Gasteiger partial charge >= 0.3 is 0 Å². The molecule has 6 nitrogen and oxygen atoms in total. The topological polar surface area (TPSA) is 80.6 Å². The molecule has 0 aliphatic heterocycles. The molecule has 7 heteroatoms. The van der Waals surface area contributed by atoms with Gasteiger partial charge in [-0.25, -0.2) is 13.1 Å². The number of methoxy groups -OCH3 is 1. The Morgan fingerprint density at radius 1 is 1.40 bits per heavy atom. The molecule has 0 aromatic carbocycles. The maximum absolute atomic E-state index is 12.1. The van der Waals surface area contributed by atoms with Gasteiger partial charge in [0, 0.05) is 38.7 Å². The van der Waals surface area contributed by atoms with Crippen LogP contribution in [0.3, 0.4) is 0 Å². The van der Waals surface area contributed by atoms with E-state index in [1.165, 1.54) is 6.07 Å². The second-order valence-corrected chi connectivity index (χ2v) is 6.38. The van der Waals surface area contributed by atoms with Crippen LogP contribution in [0.2, 0.25) is 0 Å². The van der Waals surface area contributed by atoms with Crippen LogP contribution >= 0.6 is 0 Å². The van der Waals surface area contributed by atoms with Gasteiger partial charge < -0.3 is 14.4 Å². The predicted octanol–water partition coefficient (Wildman–Crippen LogP) is 1.10. The van der Waals surface area contributed by atoms with E-state index in [0.717, 1.165) is 19.3 Å². The summed E-state index contributed by atoms with van der Waals surface area (Å²) in [5.74, 6) is 0. The van der Waals surface area contributed by atoms with Crippen molar-refractivity contribution in [3.8, 4) is 0 Å². The molecule has 0 fully saturated rings. The fourth-order valence-corrected chi connectivity index (χ4v) is 3.05. The molecule has 0 amide bonds. The number of sulfonamides is 1. The minimum absolute atomic E-state index is 0.163. The molecule has 0 atom stereocenters. The number of aryl methyl sites for hydroxylation is 1. The van der Waals surface area contributed by atoms with Gasteiger partial charge in [0.2, 0.25) is 10.0 Å². The van der Waals surface area contributed by atoms with Crippen molar-refractivity contribution in [1.82, 2.24) is 9.29 Å². The van der Waals surface area contributed by atoms with Crippen molar-refractivity contribution in [2.75, 3.05) is 20.3 Å². The van der Waals surface area contributed by atoms with Crippen LogP contribution in [0.1, 0.15) is 31.9 Å². The fraction of sp³-hybridized carbons (Fsp3) is 0.692. The third kappa shape index (κ3) is 4.90. The highest BCUT2D eigenvalue weighted by atomic mass is 32.2. The smallest absolute Gasteiger partial charge is 0.242 e. The largest absolute Gasteiger partial charge is 0.390 e. The molecule has 1 aromatic heterocycles. The Balaban J connectivity index is 2.67. The number of ether oxygens (including phenoxy) is 1. The first-order valence-electron chi connectivity index (χ1n) is 6.83. The average molecular weight is 304 g/mol. The molecular weight excluding hydrogens is 280 g/mol. The Kier molecular flexibility index (Phi) is 7.22. The van der Waals surface area contributed by atoms with Crippen molar-refractivity contribution in [3.05, 3.63) is 18.0 Å². The zero-order chi connectivity index (χ0) is 15.0. The number of nitrogens with zero attached hydrogens (tertiary/aromatic N) is 1. The van der Waals surface area contributed by atoms with Gasteiger partial charge in [-0.05, 0) is 25.3 Å². The number of aliphatic hydroxyl groups is 1. The average Bonchev–Trinajstić information content (AvgIpc) is 2.83. The first-order valence-corrected chi connectivity index (χ1v) is 8.32. The molecule has 0 aliphatic carbocycles. The van der Waals surface area contributed by atoms with E-state index in [9.17, 15) is 13.5 Å². The summed E-state index contributed by atoms with van der Waals surface area (Å²) < 4.78 is 33.5. The van der Waals surface area contributed by atoms with E-state index in [-0.39, 0.29) is 11.5 Å². The number of rotatable bonds is 10. The van der Waals surface area contributed by atoms with E-state index >= 15 is 0 Å². The van der Waals surface area contributed by atoms with Crippen molar-refractivity contribution in [2.45, 2.75) is 44.2 Å². The predicted molar refractivity (Wildman–Crippen MR) is 76.9 cm³/mol. The van der Waals surface area contributed by atoms with Crippen LogP contribution in [0.25, 0.3) is 0 Å². The summed E-state index contributed by atoms with van der Waals surface area (Å²) in [6.45, 7) is 3.55. The Labute approximate surface area is 120 Å². The molecule has 1 rings (SSSR count). The van der Waals surface area contributed by atoms with Crippen LogP contribution in [-0.2, 0) is 27.9 Å². The Hall–Kier alpha value is -0.890. The normalized spacial score (nSPS) is 11.9. The van der Waals surface area contributed by atoms with Gasteiger partial charge in [-0.15, -0.1) is 0 Å². The second-order valence-electron chi connectivity index (χ2n) is 4.62. The quantitative estimate of drug-likeness (QED) is 0.634. The third-order valence-corrected chi connectivity index (χ3v) is 4.39. The molecule has 0 bridgehead atoms. The highest BCUT2D eigenvalue weighted by Crippen LogP contribution is 2.15. The number of nitrogens with one attached hydrogen (secondary N) is 1. The van der Waals surface area contributed by atoms with Gasteiger partial charge in [-0.1, -0.05) is 6.92 Å². The van der Waals surface area contributed by atoms with E-state index < -0.39 is 10.0 Å². The van der Waals surface area contributed by atoms with Crippen molar-refractivity contribution in [1.29, 1.82) is 0 Å². The van der Waals surface area contributed by atoms with E-state index in [0.29, 0.717) is 25.4 Å². The van der Waals surface area contributed by atoms with Crippen molar-refractivity contribution >= 4 is 10.0 Å². The molecule has 1 aromatic rings. The lowest BCUT2D eigenvalue weighted by Crippen LogP contribution is -2.24. The zero-order valence-corrected chi connectivity index (χ0v) is 12.9. The van der Waals surface area contributed by atoms with Crippen LogP contribution in [0.4, 0.5) is 0 Å². The number of aliphatic hydroxyl groups excluding tert-OH is 1. The highest BCUT2D eigenvalue weighted by molar-refractivity contribution is 7.89. The number of aromatic nitrogens is 1. The number of unbranched alkanes of at least 4 members (excludes halogenated alkanes) is 1. The molecular formula is C13H24N2O4S. The fourth-order valence-electron chi connectivity index (χ4n) is 1.91. The van der Waals surface area contributed by atoms with E-state index in [1.807, 2.05) is 6.92 Å². The van der Waals surface area contributed by atoms with Crippen LogP contribution in [0.5, 0.6) is 0 Å². The minimum Gasteiger partial charge on any atom is -0.390 e. The Morgan fingerprint density at radius 2 is 2.15 bits per heavy atom. The summed E-state index contributed by atoms with van der Waals surface area (Å²) in [5.41, 5.74) is 0.617. The summed E-state index contributed by atoms with van der Waals surface area (Å²) in [7, 11) is -1.88. The monoisotopic (exact) mass is 304 g/mol. The number of hydrogen-bond donors (Lipinski definition) is 2. The summed E-state index contributed by atoms with van der Waals surface area (Å²) in [4.78, 5) is 0.210. The molecule has 20 heavy (non-hydrogen) atoms. The summed E-state index contributed by atoms with van der Waals surface area (Å²) in [6.07, 6.45) is 4.01. The van der Waals surface area contributed by atoms with Crippen molar-refractivity contribution in [3.63, 3.8) is 0 Å². The van der Waals surface area contributed by atoms with Crippen LogP contribution in [0, 0.1) is 0 Å². The summed E-state index contributed by atoms with van der Waals surface area (Å²) in [5, 5.41) is 9.25. The summed E-state index contributed by atoms with van der Waals surface area (Å²) >= 11 is 0. The third-order valence-electron chi connectivity index (χ3n) is 2.96. The molecule has 0 spiro atoms. The maximum atomic E-state index is 12.1.